The Morgan fingerprint density at radius 1 is 1.53 bits per heavy atom. The number of hydrogen-bond acceptors (Lipinski definition) is 3. The molecule has 0 aliphatic carbocycles. The van der Waals surface area contributed by atoms with Crippen molar-refractivity contribution in [2.75, 3.05) is 11.9 Å². The Balaban J connectivity index is 2.48. The van der Waals surface area contributed by atoms with Crippen molar-refractivity contribution in [3.05, 3.63) is 24.0 Å². The summed E-state index contributed by atoms with van der Waals surface area (Å²) in [7, 11) is 0. The Morgan fingerprint density at radius 3 is 2.87 bits per heavy atom. The van der Waals surface area contributed by atoms with Gasteiger partial charge in [0.2, 0.25) is 5.91 Å². The van der Waals surface area contributed by atoms with Crippen LogP contribution in [0.25, 0.3) is 0 Å². The minimum Gasteiger partial charge on any atom is -0.323 e. The lowest BCUT2D eigenvalue weighted by Gasteiger charge is -2.09. The van der Waals surface area contributed by atoms with Crippen LogP contribution in [0.5, 0.6) is 0 Å². The summed E-state index contributed by atoms with van der Waals surface area (Å²) in [6.07, 6.45) is 1.71. The number of carbonyl (C=O) groups is 1. The Labute approximate surface area is 90.1 Å². The van der Waals surface area contributed by atoms with E-state index in [9.17, 15) is 4.79 Å². The molecule has 0 saturated heterocycles. The molecule has 1 heterocycles. The average molecular weight is 207 g/mol. The number of anilines is 1. The van der Waals surface area contributed by atoms with Gasteiger partial charge in [0.25, 0.3) is 0 Å². The van der Waals surface area contributed by atoms with E-state index < -0.39 is 0 Å². The van der Waals surface area contributed by atoms with E-state index >= 15 is 0 Å². The summed E-state index contributed by atoms with van der Waals surface area (Å²) in [5, 5.41) is 5.85. The molecule has 1 rings (SSSR count). The number of rotatable bonds is 4. The first-order valence-corrected chi connectivity index (χ1v) is 5.04. The standard InChI is InChI=1S/C11H17N3O/c1-8(2)13-7-11(15)14-10-5-4-6-12-9(10)3/h4-6,8,13H,7H2,1-3H3,(H,14,15). The van der Waals surface area contributed by atoms with Crippen molar-refractivity contribution in [1.29, 1.82) is 0 Å². The zero-order chi connectivity index (χ0) is 11.3. The molecule has 0 aromatic carbocycles. The van der Waals surface area contributed by atoms with Crippen molar-refractivity contribution in [3.63, 3.8) is 0 Å². The molecule has 0 aliphatic heterocycles. The predicted molar refractivity (Wildman–Crippen MR) is 60.7 cm³/mol. The summed E-state index contributed by atoms with van der Waals surface area (Å²) in [5.41, 5.74) is 1.60. The molecule has 4 heteroatoms. The molecule has 1 aromatic rings. The minimum absolute atomic E-state index is 0.0419. The number of nitrogens with zero attached hydrogens (tertiary/aromatic N) is 1. The second kappa shape index (κ2) is 5.46. The molecule has 15 heavy (non-hydrogen) atoms. The Hall–Kier alpha value is -1.42. The number of aryl methyl sites for hydroxylation is 1. The number of pyridine rings is 1. The van der Waals surface area contributed by atoms with Gasteiger partial charge in [-0.2, -0.15) is 0 Å². The van der Waals surface area contributed by atoms with E-state index in [1.807, 2.05) is 26.8 Å². The van der Waals surface area contributed by atoms with Crippen LogP contribution in [0.15, 0.2) is 18.3 Å². The zero-order valence-corrected chi connectivity index (χ0v) is 9.37. The van der Waals surface area contributed by atoms with E-state index in [1.165, 1.54) is 0 Å². The van der Waals surface area contributed by atoms with Gasteiger partial charge in [0.05, 0.1) is 17.9 Å². The number of carbonyl (C=O) groups excluding carboxylic acids is 1. The van der Waals surface area contributed by atoms with Gasteiger partial charge < -0.3 is 10.6 Å². The molecule has 4 nitrogen and oxygen atoms in total. The molecule has 0 spiro atoms. The fraction of sp³-hybridized carbons (Fsp3) is 0.455. The van der Waals surface area contributed by atoms with E-state index in [-0.39, 0.29) is 5.91 Å². The van der Waals surface area contributed by atoms with E-state index in [2.05, 4.69) is 15.6 Å². The van der Waals surface area contributed by atoms with Crippen molar-refractivity contribution >= 4 is 11.6 Å². The van der Waals surface area contributed by atoms with Crippen LogP contribution in [0.4, 0.5) is 5.69 Å². The molecule has 82 valence electrons. The summed E-state index contributed by atoms with van der Waals surface area (Å²) in [6.45, 7) is 6.20. The van der Waals surface area contributed by atoms with E-state index in [4.69, 9.17) is 0 Å². The summed E-state index contributed by atoms with van der Waals surface area (Å²) in [4.78, 5) is 15.6. The average Bonchev–Trinajstić information content (AvgIpc) is 2.18. The molecule has 0 aliphatic rings. The van der Waals surface area contributed by atoms with Gasteiger partial charge in [0, 0.05) is 12.2 Å². The molecule has 2 N–H and O–H groups in total. The minimum atomic E-state index is -0.0419. The first-order chi connectivity index (χ1) is 7.09. The second-order valence-corrected chi connectivity index (χ2v) is 3.72. The third-order valence-corrected chi connectivity index (χ3v) is 1.95. The summed E-state index contributed by atoms with van der Waals surface area (Å²) >= 11 is 0. The van der Waals surface area contributed by atoms with Gasteiger partial charge in [-0.05, 0) is 19.1 Å². The molecule has 0 saturated carbocycles. The van der Waals surface area contributed by atoms with Gasteiger partial charge in [0.15, 0.2) is 0 Å². The largest absolute Gasteiger partial charge is 0.323 e. The quantitative estimate of drug-likeness (QED) is 0.783. The van der Waals surface area contributed by atoms with Crippen LogP contribution in [-0.4, -0.2) is 23.5 Å². The molecular formula is C11H17N3O. The van der Waals surface area contributed by atoms with Gasteiger partial charge in [0.1, 0.15) is 0 Å². The Bertz CT molecular complexity index is 336. The molecule has 0 bridgehead atoms. The van der Waals surface area contributed by atoms with Crippen molar-refractivity contribution in [1.82, 2.24) is 10.3 Å². The molecule has 0 unspecified atom stereocenters. The lowest BCUT2D eigenvalue weighted by molar-refractivity contribution is -0.115. The molecule has 1 aromatic heterocycles. The highest BCUT2D eigenvalue weighted by Crippen LogP contribution is 2.09. The third-order valence-electron chi connectivity index (χ3n) is 1.95. The normalized spacial score (nSPS) is 10.4. The van der Waals surface area contributed by atoms with E-state index in [0.717, 1.165) is 11.4 Å². The van der Waals surface area contributed by atoms with Gasteiger partial charge in [-0.1, -0.05) is 13.8 Å². The smallest absolute Gasteiger partial charge is 0.238 e. The Morgan fingerprint density at radius 2 is 2.27 bits per heavy atom. The third kappa shape index (κ3) is 4.08. The molecule has 0 atom stereocenters. The highest BCUT2D eigenvalue weighted by Gasteiger charge is 2.04. The van der Waals surface area contributed by atoms with Crippen molar-refractivity contribution in [3.8, 4) is 0 Å². The van der Waals surface area contributed by atoms with E-state index in [0.29, 0.717) is 12.6 Å². The Kier molecular flexibility index (Phi) is 4.24. The van der Waals surface area contributed by atoms with E-state index in [1.54, 1.807) is 12.3 Å². The van der Waals surface area contributed by atoms with Crippen molar-refractivity contribution < 1.29 is 4.79 Å². The maximum absolute atomic E-state index is 11.5. The topological polar surface area (TPSA) is 54.0 Å². The van der Waals surface area contributed by atoms with Crippen LogP contribution in [0, 0.1) is 6.92 Å². The van der Waals surface area contributed by atoms with Gasteiger partial charge in [-0.15, -0.1) is 0 Å². The maximum atomic E-state index is 11.5. The number of amides is 1. The monoisotopic (exact) mass is 207 g/mol. The van der Waals surface area contributed by atoms with Gasteiger partial charge in [-0.3, -0.25) is 9.78 Å². The number of nitrogens with one attached hydrogen (secondary N) is 2. The number of hydrogen-bond donors (Lipinski definition) is 2. The highest BCUT2D eigenvalue weighted by atomic mass is 16.1. The summed E-state index contributed by atoms with van der Waals surface area (Å²) in [6, 6.07) is 3.96. The van der Waals surface area contributed by atoms with Crippen LogP contribution in [0.1, 0.15) is 19.5 Å². The second-order valence-electron chi connectivity index (χ2n) is 3.72. The molecule has 1 amide bonds. The SMILES string of the molecule is Cc1ncccc1NC(=O)CNC(C)C. The van der Waals surface area contributed by atoms with Crippen molar-refractivity contribution in [2.45, 2.75) is 26.8 Å². The predicted octanol–water partition coefficient (Wildman–Crippen LogP) is 1.33. The van der Waals surface area contributed by atoms with Crippen LogP contribution >= 0.6 is 0 Å². The molecule has 0 radical (unpaired) electrons. The first-order valence-electron chi connectivity index (χ1n) is 5.04. The van der Waals surface area contributed by atoms with Crippen LogP contribution in [0.3, 0.4) is 0 Å². The number of aromatic nitrogens is 1. The highest BCUT2D eigenvalue weighted by molar-refractivity contribution is 5.92. The lowest BCUT2D eigenvalue weighted by atomic mass is 10.3. The van der Waals surface area contributed by atoms with Gasteiger partial charge >= 0.3 is 0 Å². The van der Waals surface area contributed by atoms with Crippen LogP contribution < -0.4 is 10.6 Å². The fourth-order valence-electron chi connectivity index (χ4n) is 1.11. The lowest BCUT2D eigenvalue weighted by Crippen LogP contribution is -2.32. The summed E-state index contributed by atoms with van der Waals surface area (Å²) < 4.78 is 0. The van der Waals surface area contributed by atoms with Crippen LogP contribution in [0.2, 0.25) is 0 Å². The van der Waals surface area contributed by atoms with Crippen molar-refractivity contribution in [2.24, 2.45) is 0 Å². The fourth-order valence-corrected chi connectivity index (χ4v) is 1.11. The van der Waals surface area contributed by atoms with Crippen LogP contribution in [-0.2, 0) is 4.79 Å². The summed E-state index contributed by atoms with van der Waals surface area (Å²) in [5.74, 6) is -0.0419. The first kappa shape index (κ1) is 11.7. The maximum Gasteiger partial charge on any atom is 0.238 e. The zero-order valence-electron chi connectivity index (χ0n) is 9.37. The van der Waals surface area contributed by atoms with Gasteiger partial charge in [-0.25, -0.2) is 0 Å². The molecule has 0 fully saturated rings. The molecular weight excluding hydrogens is 190 g/mol.